The summed E-state index contributed by atoms with van der Waals surface area (Å²) >= 11 is 0. The Morgan fingerprint density at radius 2 is 2.14 bits per heavy atom. The molecular weight excluding hydrogens is 176 g/mol. The highest BCUT2D eigenvalue weighted by atomic mass is 16.2. The molecule has 3 N–H and O–H groups in total. The largest absolute Gasteiger partial charge is 0.351 e. The van der Waals surface area contributed by atoms with Gasteiger partial charge in [-0.2, -0.15) is 0 Å². The Morgan fingerprint density at radius 3 is 2.50 bits per heavy atom. The maximum absolute atomic E-state index is 11.6. The molecule has 14 heavy (non-hydrogen) atoms. The van der Waals surface area contributed by atoms with Crippen molar-refractivity contribution in [1.29, 1.82) is 0 Å². The van der Waals surface area contributed by atoms with Gasteiger partial charge in [0.25, 0.3) is 0 Å². The van der Waals surface area contributed by atoms with Gasteiger partial charge < -0.3 is 11.1 Å². The molecule has 0 bridgehead atoms. The molecule has 1 amide bonds. The predicted molar refractivity (Wildman–Crippen MR) is 57.8 cm³/mol. The Balaban J connectivity index is 2.36. The maximum Gasteiger partial charge on any atom is 0.237 e. The molecule has 1 aliphatic rings. The minimum absolute atomic E-state index is 0.00919. The number of nitrogens with two attached hydrogens (primary N) is 1. The lowest BCUT2D eigenvalue weighted by Crippen LogP contribution is -2.46. The number of carbonyl (C=O) groups is 1. The Labute approximate surface area is 86.4 Å². The van der Waals surface area contributed by atoms with Crippen LogP contribution in [-0.2, 0) is 4.79 Å². The molecule has 3 atom stereocenters. The molecule has 3 nitrogen and oxygen atoms in total. The molecule has 1 rings (SSSR count). The van der Waals surface area contributed by atoms with Gasteiger partial charge in [0.1, 0.15) is 0 Å². The van der Waals surface area contributed by atoms with E-state index in [1.165, 1.54) is 0 Å². The van der Waals surface area contributed by atoms with E-state index in [1.54, 1.807) is 0 Å². The van der Waals surface area contributed by atoms with Crippen LogP contribution in [0.3, 0.4) is 0 Å². The lowest BCUT2D eigenvalue weighted by Gasteiger charge is -2.18. The van der Waals surface area contributed by atoms with Gasteiger partial charge in [-0.3, -0.25) is 4.79 Å². The molecule has 2 unspecified atom stereocenters. The molecule has 0 aromatic heterocycles. The van der Waals surface area contributed by atoms with Crippen LogP contribution in [0.4, 0.5) is 0 Å². The van der Waals surface area contributed by atoms with Crippen LogP contribution in [0.25, 0.3) is 0 Å². The monoisotopic (exact) mass is 198 g/mol. The maximum atomic E-state index is 11.6. The minimum Gasteiger partial charge on any atom is -0.351 e. The molecule has 0 saturated heterocycles. The third-order valence-corrected chi connectivity index (χ3v) is 3.39. The standard InChI is InChI=1S/C11H22N2O/c1-5-7(2)9(12)10(14)13-8-6-11(8,3)4/h7-9H,5-6,12H2,1-4H3,(H,13,14)/t7?,8?,9-/m0/s1. The fourth-order valence-electron chi connectivity index (χ4n) is 1.49. The molecule has 0 heterocycles. The number of hydrogen-bond donors (Lipinski definition) is 2. The predicted octanol–water partition coefficient (Wildman–Crippen LogP) is 1.27. The zero-order valence-corrected chi connectivity index (χ0v) is 9.63. The van der Waals surface area contributed by atoms with Gasteiger partial charge in [0.05, 0.1) is 6.04 Å². The Bertz CT molecular complexity index is 225. The van der Waals surface area contributed by atoms with Gasteiger partial charge in [-0.05, 0) is 17.8 Å². The zero-order valence-electron chi connectivity index (χ0n) is 9.63. The van der Waals surface area contributed by atoms with Gasteiger partial charge in [-0.15, -0.1) is 0 Å². The lowest BCUT2D eigenvalue weighted by atomic mass is 9.99. The van der Waals surface area contributed by atoms with Crippen LogP contribution in [0.1, 0.15) is 40.5 Å². The molecule has 3 heteroatoms. The SMILES string of the molecule is CCC(C)[C@H](N)C(=O)NC1CC1(C)C. The van der Waals surface area contributed by atoms with E-state index >= 15 is 0 Å². The summed E-state index contributed by atoms with van der Waals surface area (Å²) in [5.41, 5.74) is 6.11. The second kappa shape index (κ2) is 3.89. The van der Waals surface area contributed by atoms with Crippen LogP contribution in [0.5, 0.6) is 0 Å². The minimum atomic E-state index is -0.351. The highest BCUT2D eigenvalue weighted by Crippen LogP contribution is 2.44. The number of carbonyl (C=O) groups excluding carboxylic acids is 1. The van der Waals surface area contributed by atoms with Gasteiger partial charge in [-0.25, -0.2) is 0 Å². The van der Waals surface area contributed by atoms with E-state index in [-0.39, 0.29) is 23.3 Å². The summed E-state index contributed by atoms with van der Waals surface area (Å²) in [6.07, 6.45) is 2.02. The van der Waals surface area contributed by atoms with E-state index in [1.807, 2.05) is 6.92 Å². The molecule has 0 radical (unpaired) electrons. The average molecular weight is 198 g/mol. The molecule has 1 saturated carbocycles. The van der Waals surface area contributed by atoms with E-state index in [0.717, 1.165) is 12.8 Å². The highest BCUT2D eigenvalue weighted by molar-refractivity contribution is 5.82. The van der Waals surface area contributed by atoms with Crippen LogP contribution >= 0.6 is 0 Å². The van der Waals surface area contributed by atoms with Crippen molar-refractivity contribution >= 4 is 5.91 Å². The summed E-state index contributed by atoms with van der Waals surface area (Å²) in [5.74, 6) is 0.270. The first-order valence-electron chi connectivity index (χ1n) is 5.44. The van der Waals surface area contributed by atoms with E-state index in [9.17, 15) is 4.79 Å². The molecule has 0 spiro atoms. The van der Waals surface area contributed by atoms with Crippen molar-refractivity contribution in [2.24, 2.45) is 17.1 Å². The van der Waals surface area contributed by atoms with Crippen molar-refractivity contribution in [3.8, 4) is 0 Å². The average Bonchev–Trinajstić information content (AvgIpc) is 2.71. The summed E-state index contributed by atoms with van der Waals surface area (Å²) in [5, 5.41) is 3.00. The summed E-state index contributed by atoms with van der Waals surface area (Å²) in [6, 6.07) is -0.0125. The molecular formula is C11H22N2O. The second-order valence-corrected chi connectivity index (χ2v) is 5.17. The lowest BCUT2D eigenvalue weighted by molar-refractivity contribution is -0.123. The number of amides is 1. The van der Waals surface area contributed by atoms with Crippen molar-refractivity contribution in [2.45, 2.75) is 52.6 Å². The molecule has 1 aliphatic carbocycles. The van der Waals surface area contributed by atoms with Crippen LogP contribution in [0.15, 0.2) is 0 Å². The number of nitrogens with one attached hydrogen (secondary N) is 1. The summed E-state index contributed by atoms with van der Waals surface area (Å²) in [7, 11) is 0. The van der Waals surface area contributed by atoms with Crippen molar-refractivity contribution < 1.29 is 4.79 Å². The Kier molecular flexibility index (Phi) is 3.20. The van der Waals surface area contributed by atoms with E-state index < -0.39 is 0 Å². The number of hydrogen-bond acceptors (Lipinski definition) is 2. The van der Waals surface area contributed by atoms with Crippen LogP contribution in [0, 0.1) is 11.3 Å². The van der Waals surface area contributed by atoms with E-state index in [2.05, 4.69) is 26.1 Å². The third-order valence-electron chi connectivity index (χ3n) is 3.39. The van der Waals surface area contributed by atoms with Crippen molar-refractivity contribution in [3.05, 3.63) is 0 Å². The highest BCUT2D eigenvalue weighted by Gasteiger charge is 2.47. The molecule has 82 valence electrons. The third kappa shape index (κ3) is 2.47. The second-order valence-electron chi connectivity index (χ2n) is 5.17. The van der Waals surface area contributed by atoms with Gasteiger partial charge >= 0.3 is 0 Å². The van der Waals surface area contributed by atoms with Gasteiger partial charge in [0.15, 0.2) is 0 Å². The van der Waals surface area contributed by atoms with Crippen molar-refractivity contribution in [1.82, 2.24) is 5.32 Å². The van der Waals surface area contributed by atoms with Crippen LogP contribution in [-0.4, -0.2) is 18.0 Å². The van der Waals surface area contributed by atoms with Gasteiger partial charge in [0.2, 0.25) is 5.91 Å². The fourth-order valence-corrected chi connectivity index (χ4v) is 1.49. The first-order valence-corrected chi connectivity index (χ1v) is 5.44. The Hall–Kier alpha value is -0.570. The van der Waals surface area contributed by atoms with Crippen LogP contribution < -0.4 is 11.1 Å². The van der Waals surface area contributed by atoms with Crippen molar-refractivity contribution in [2.75, 3.05) is 0 Å². The van der Waals surface area contributed by atoms with E-state index in [0.29, 0.717) is 6.04 Å². The topological polar surface area (TPSA) is 55.1 Å². The van der Waals surface area contributed by atoms with Gasteiger partial charge in [-0.1, -0.05) is 34.1 Å². The molecule has 0 aliphatic heterocycles. The molecule has 0 aromatic carbocycles. The first kappa shape index (κ1) is 11.5. The summed E-state index contributed by atoms with van der Waals surface area (Å²) in [6.45, 7) is 8.39. The van der Waals surface area contributed by atoms with Crippen molar-refractivity contribution in [3.63, 3.8) is 0 Å². The Morgan fingerprint density at radius 1 is 1.64 bits per heavy atom. The van der Waals surface area contributed by atoms with E-state index in [4.69, 9.17) is 5.73 Å². The number of rotatable bonds is 4. The van der Waals surface area contributed by atoms with Crippen LogP contribution in [0.2, 0.25) is 0 Å². The quantitative estimate of drug-likeness (QED) is 0.715. The summed E-state index contributed by atoms with van der Waals surface area (Å²) in [4.78, 5) is 11.6. The smallest absolute Gasteiger partial charge is 0.237 e. The fraction of sp³-hybridized carbons (Fsp3) is 0.909. The normalized spacial score (nSPS) is 27.9. The summed E-state index contributed by atoms with van der Waals surface area (Å²) < 4.78 is 0. The van der Waals surface area contributed by atoms with Gasteiger partial charge in [0, 0.05) is 6.04 Å². The first-order chi connectivity index (χ1) is 6.38. The zero-order chi connectivity index (χ0) is 10.9. The molecule has 1 fully saturated rings. The molecule has 0 aromatic rings.